The predicted octanol–water partition coefficient (Wildman–Crippen LogP) is -0.356. The zero-order valence-corrected chi connectivity index (χ0v) is 9.42. The van der Waals surface area contributed by atoms with Gasteiger partial charge in [-0.1, -0.05) is 6.92 Å². The van der Waals surface area contributed by atoms with E-state index >= 15 is 0 Å². The number of carbonyl (C=O) groups is 2. The highest BCUT2D eigenvalue weighted by Gasteiger charge is 2.36. The lowest BCUT2D eigenvalue weighted by molar-refractivity contribution is -0.121. The van der Waals surface area contributed by atoms with Gasteiger partial charge < -0.3 is 5.73 Å². The van der Waals surface area contributed by atoms with Gasteiger partial charge in [-0.2, -0.15) is 0 Å². The lowest BCUT2D eigenvalue weighted by Gasteiger charge is -2.27. The average Bonchev–Trinajstić information content (AvgIpc) is 2.06. The second-order valence-electron chi connectivity index (χ2n) is 4.07. The van der Waals surface area contributed by atoms with Crippen molar-refractivity contribution in [2.45, 2.75) is 31.4 Å². The molecule has 1 aliphatic carbocycles. The van der Waals surface area contributed by atoms with Gasteiger partial charge in [-0.05, 0) is 12.3 Å². The minimum atomic E-state index is -3.56. The maximum Gasteiger partial charge on any atom is 0.232 e. The number of carbonyl (C=O) groups excluding carboxylic acids is 2. The van der Waals surface area contributed by atoms with Gasteiger partial charge in [0.05, 0.1) is 5.25 Å². The molecule has 0 heterocycles. The van der Waals surface area contributed by atoms with Gasteiger partial charge in [-0.15, -0.1) is 0 Å². The van der Waals surface area contributed by atoms with Crippen LogP contribution in [0.15, 0.2) is 0 Å². The predicted molar refractivity (Wildman–Crippen MR) is 54.8 cm³/mol. The van der Waals surface area contributed by atoms with E-state index in [1.807, 2.05) is 0 Å². The van der Waals surface area contributed by atoms with Crippen LogP contribution in [0.5, 0.6) is 0 Å². The molecule has 0 aliphatic heterocycles. The van der Waals surface area contributed by atoms with Crippen LogP contribution in [0, 0.1) is 5.92 Å². The fourth-order valence-corrected chi connectivity index (χ4v) is 3.78. The summed E-state index contributed by atoms with van der Waals surface area (Å²) in [6.07, 6.45) is 1.03. The summed E-state index contributed by atoms with van der Waals surface area (Å²) in [6.45, 7) is 1.79. The molecule has 1 aliphatic rings. The van der Waals surface area contributed by atoms with Crippen molar-refractivity contribution in [1.29, 1.82) is 0 Å². The first-order valence-electron chi connectivity index (χ1n) is 4.84. The monoisotopic (exact) mass is 233 g/mol. The van der Waals surface area contributed by atoms with E-state index in [9.17, 15) is 18.0 Å². The van der Waals surface area contributed by atoms with Crippen LogP contribution in [-0.4, -0.2) is 31.1 Å². The third-order valence-electron chi connectivity index (χ3n) is 2.75. The average molecular weight is 233 g/mol. The summed E-state index contributed by atoms with van der Waals surface area (Å²) >= 11 is 0. The lowest BCUT2D eigenvalue weighted by atomic mass is 9.89. The molecule has 15 heavy (non-hydrogen) atoms. The summed E-state index contributed by atoms with van der Waals surface area (Å²) in [7, 11) is -3.56. The van der Waals surface area contributed by atoms with E-state index in [2.05, 4.69) is 0 Å². The summed E-state index contributed by atoms with van der Waals surface area (Å²) in [5.74, 6) is -1.65. The highest BCUT2D eigenvalue weighted by atomic mass is 32.2. The molecule has 1 amide bonds. The topological polar surface area (TPSA) is 94.3 Å². The Labute approximate surface area is 88.9 Å². The number of hydrogen-bond donors (Lipinski definition) is 1. The fraction of sp³-hybridized carbons (Fsp3) is 0.778. The van der Waals surface area contributed by atoms with Crippen LogP contribution >= 0.6 is 0 Å². The van der Waals surface area contributed by atoms with Crippen LogP contribution < -0.4 is 5.73 Å². The van der Waals surface area contributed by atoms with E-state index in [4.69, 9.17) is 5.73 Å². The molecule has 0 aromatic rings. The normalized spacial score (nSPS) is 27.7. The summed E-state index contributed by atoms with van der Waals surface area (Å²) in [5, 5.41) is -0.730. The Balaban J connectivity index is 2.84. The van der Waals surface area contributed by atoms with Crippen molar-refractivity contribution < 1.29 is 18.0 Å². The number of hydrogen-bond acceptors (Lipinski definition) is 4. The summed E-state index contributed by atoms with van der Waals surface area (Å²) in [4.78, 5) is 21.8. The molecule has 1 saturated carbocycles. The quantitative estimate of drug-likeness (QED) is 0.720. The van der Waals surface area contributed by atoms with E-state index in [0.29, 0.717) is 12.8 Å². The molecule has 2 N–H and O–H groups in total. The Kier molecular flexibility index (Phi) is 3.49. The van der Waals surface area contributed by atoms with Crippen LogP contribution in [0.25, 0.3) is 0 Å². The Morgan fingerprint density at radius 3 is 2.67 bits per heavy atom. The fourth-order valence-electron chi connectivity index (χ4n) is 1.89. The number of amides is 1. The van der Waals surface area contributed by atoms with E-state index in [1.165, 1.54) is 0 Å². The molecule has 1 rings (SSSR count). The number of rotatable bonds is 3. The third kappa shape index (κ3) is 3.02. The minimum absolute atomic E-state index is 0.0246. The third-order valence-corrected chi connectivity index (χ3v) is 4.99. The van der Waals surface area contributed by atoms with Crippen LogP contribution in [0.4, 0.5) is 0 Å². The van der Waals surface area contributed by atoms with Gasteiger partial charge in [0.15, 0.2) is 9.84 Å². The van der Waals surface area contributed by atoms with Gasteiger partial charge in [0, 0.05) is 12.8 Å². The number of sulfone groups is 1. The van der Waals surface area contributed by atoms with E-state index in [-0.39, 0.29) is 18.1 Å². The number of ketones is 1. The lowest BCUT2D eigenvalue weighted by Crippen LogP contribution is -2.39. The van der Waals surface area contributed by atoms with Crippen molar-refractivity contribution in [3.63, 3.8) is 0 Å². The molecule has 1 fully saturated rings. The maximum atomic E-state index is 11.7. The Morgan fingerprint density at radius 2 is 2.13 bits per heavy atom. The molecule has 0 aromatic heterocycles. The summed E-state index contributed by atoms with van der Waals surface area (Å²) in [6, 6.07) is 0. The van der Waals surface area contributed by atoms with Gasteiger partial charge in [0.1, 0.15) is 11.5 Å². The van der Waals surface area contributed by atoms with Gasteiger partial charge >= 0.3 is 0 Å². The Bertz CT molecular complexity index is 374. The number of Topliss-reactive ketones (excluding diaryl/α,β-unsaturated/α-hetero) is 1. The second kappa shape index (κ2) is 4.30. The Morgan fingerprint density at radius 1 is 1.53 bits per heavy atom. The minimum Gasteiger partial charge on any atom is -0.369 e. The standard InChI is InChI=1S/C9H15NO4S/c1-6-2-3-7(11)4-8(6)15(13,14)5-9(10)12/h6,8H,2-5H2,1H3,(H2,10,12). The van der Waals surface area contributed by atoms with Gasteiger partial charge in [0.2, 0.25) is 5.91 Å². The van der Waals surface area contributed by atoms with E-state index in [0.717, 1.165) is 0 Å². The van der Waals surface area contributed by atoms with Crippen molar-refractivity contribution >= 4 is 21.5 Å². The van der Waals surface area contributed by atoms with Crippen LogP contribution in [0.1, 0.15) is 26.2 Å². The molecule has 0 spiro atoms. The van der Waals surface area contributed by atoms with E-state index < -0.39 is 26.7 Å². The Hall–Kier alpha value is -0.910. The summed E-state index contributed by atoms with van der Waals surface area (Å²) < 4.78 is 23.4. The molecule has 5 nitrogen and oxygen atoms in total. The first-order valence-corrected chi connectivity index (χ1v) is 6.56. The van der Waals surface area contributed by atoms with Crippen molar-refractivity contribution in [1.82, 2.24) is 0 Å². The molecule has 0 bridgehead atoms. The van der Waals surface area contributed by atoms with Gasteiger partial charge in [-0.3, -0.25) is 9.59 Å². The number of nitrogens with two attached hydrogens (primary N) is 1. The molecule has 86 valence electrons. The van der Waals surface area contributed by atoms with Crippen molar-refractivity contribution in [2.75, 3.05) is 5.75 Å². The highest BCUT2D eigenvalue weighted by Crippen LogP contribution is 2.27. The zero-order chi connectivity index (χ0) is 11.6. The van der Waals surface area contributed by atoms with Crippen molar-refractivity contribution in [3.8, 4) is 0 Å². The molecular formula is C9H15NO4S. The van der Waals surface area contributed by atoms with Gasteiger partial charge in [-0.25, -0.2) is 8.42 Å². The van der Waals surface area contributed by atoms with Gasteiger partial charge in [0.25, 0.3) is 0 Å². The highest BCUT2D eigenvalue weighted by molar-refractivity contribution is 7.92. The van der Waals surface area contributed by atoms with Crippen molar-refractivity contribution in [3.05, 3.63) is 0 Å². The smallest absolute Gasteiger partial charge is 0.232 e. The summed E-state index contributed by atoms with van der Waals surface area (Å²) in [5.41, 5.74) is 4.86. The van der Waals surface area contributed by atoms with Crippen LogP contribution in [-0.2, 0) is 19.4 Å². The first-order chi connectivity index (χ1) is 6.83. The van der Waals surface area contributed by atoms with E-state index in [1.54, 1.807) is 6.92 Å². The second-order valence-corrected chi connectivity index (χ2v) is 6.29. The molecule has 0 aromatic carbocycles. The molecule has 0 radical (unpaired) electrons. The number of primary amides is 1. The molecule has 0 saturated heterocycles. The van der Waals surface area contributed by atoms with Crippen LogP contribution in [0.3, 0.4) is 0 Å². The largest absolute Gasteiger partial charge is 0.369 e. The zero-order valence-electron chi connectivity index (χ0n) is 8.60. The maximum absolute atomic E-state index is 11.7. The molecule has 6 heteroatoms. The first kappa shape index (κ1) is 12.2. The molecule has 2 unspecified atom stereocenters. The van der Waals surface area contributed by atoms with Crippen LogP contribution in [0.2, 0.25) is 0 Å². The molecular weight excluding hydrogens is 218 g/mol. The SMILES string of the molecule is CC1CCC(=O)CC1S(=O)(=O)CC(N)=O. The molecule has 2 atom stereocenters. The van der Waals surface area contributed by atoms with Crippen molar-refractivity contribution in [2.24, 2.45) is 11.7 Å².